The van der Waals surface area contributed by atoms with E-state index in [0.29, 0.717) is 13.1 Å². The normalized spacial score (nSPS) is 16.6. The van der Waals surface area contributed by atoms with Gasteiger partial charge < -0.3 is 9.80 Å². The summed E-state index contributed by atoms with van der Waals surface area (Å²) in [7, 11) is -3.45. The molecule has 0 atom stereocenters. The van der Waals surface area contributed by atoms with Gasteiger partial charge in [-0.05, 0) is 24.6 Å². The lowest BCUT2D eigenvalue weighted by molar-refractivity contribution is -0.133. The van der Waals surface area contributed by atoms with Gasteiger partial charge in [0.15, 0.2) is 0 Å². The van der Waals surface area contributed by atoms with Crippen molar-refractivity contribution in [3.63, 3.8) is 0 Å². The first kappa shape index (κ1) is 18.9. The molecule has 1 heterocycles. The van der Waals surface area contributed by atoms with E-state index in [4.69, 9.17) is 0 Å². The number of carbonyl (C=O) groups excluding carboxylic acids is 1. The van der Waals surface area contributed by atoms with Gasteiger partial charge in [0.25, 0.3) is 0 Å². The summed E-state index contributed by atoms with van der Waals surface area (Å²) in [5, 5.41) is 0. The van der Waals surface area contributed by atoms with Crippen LogP contribution < -0.4 is 0 Å². The van der Waals surface area contributed by atoms with Crippen LogP contribution in [0, 0.1) is 6.92 Å². The molecular formula is C17H27N3O3S. The molecular weight excluding hydrogens is 326 g/mol. The Labute approximate surface area is 145 Å². The smallest absolute Gasteiger partial charge is 0.237 e. The second-order valence-electron chi connectivity index (χ2n) is 6.27. The zero-order valence-electron chi connectivity index (χ0n) is 14.7. The molecule has 0 aromatic heterocycles. The van der Waals surface area contributed by atoms with E-state index in [0.717, 1.165) is 37.0 Å². The van der Waals surface area contributed by atoms with Crippen LogP contribution in [0.3, 0.4) is 0 Å². The van der Waals surface area contributed by atoms with Gasteiger partial charge in [-0.3, -0.25) is 4.79 Å². The third kappa shape index (κ3) is 5.03. The number of hydrogen-bond acceptors (Lipinski definition) is 4. The Balaban J connectivity index is 2.04. The van der Waals surface area contributed by atoms with E-state index in [9.17, 15) is 13.2 Å². The second-order valence-corrected chi connectivity index (χ2v) is 8.26. The van der Waals surface area contributed by atoms with E-state index in [1.165, 1.54) is 4.31 Å². The van der Waals surface area contributed by atoms with Crippen LogP contribution in [0.4, 0.5) is 0 Å². The fourth-order valence-corrected chi connectivity index (χ4v) is 3.55. The van der Waals surface area contributed by atoms with Crippen LogP contribution in [0.2, 0.25) is 0 Å². The molecule has 1 fully saturated rings. The average molecular weight is 353 g/mol. The van der Waals surface area contributed by atoms with E-state index >= 15 is 0 Å². The molecule has 0 unspecified atom stereocenters. The summed E-state index contributed by atoms with van der Waals surface area (Å²) < 4.78 is 25.5. The van der Waals surface area contributed by atoms with Gasteiger partial charge in [0.2, 0.25) is 15.9 Å². The Morgan fingerprint density at radius 3 is 2.33 bits per heavy atom. The zero-order valence-corrected chi connectivity index (χ0v) is 15.6. The van der Waals surface area contributed by atoms with Crippen LogP contribution in [-0.2, 0) is 21.4 Å². The van der Waals surface area contributed by atoms with E-state index < -0.39 is 10.0 Å². The molecule has 0 radical (unpaired) electrons. The maximum Gasteiger partial charge on any atom is 0.237 e. The first-order chi connectivity index (χ1) is 11.3. The van der Waals surface area contributed by atoms with Crippen molar-refractivity contribution in [3.8, 4) is 0 Å². The van der Waals surface area contributed by atoms with Crippen LogP contribution >= 0.6 is 0 Å². The summed E-state index contributed by atoms with van der Waals surface area (Å²) in [4.78, 5) is 16.6. The van der Waals surface area contributed by atoms with Crippen LogP contribution in [0.5, 0.6) is 0 Å². The molecule has 0 saturated carbocycles. The highest BCUT2D eigenvalue weighted by Gasteiger charge is 2.26. The fraction of sp³-hybridized carbons (Fsp3) is 0.588. The number of piperazine rings is 1. The summed E-state index contributed by atoms with van der Waals surface area (Å²) in [6.07, 6.45) is 1.16. The molecule has 1 aromatic rings. The van der Waals surface area contributed by atoms with Gasteiger partial charge in [0.05, 0.1) is 12.8 Å². The molecule has 24 heavy (non-hydrogen) atoms. The molecule has 1 aliphatic rings. The molecule has 0 aliphatic carbocycles. The average Bonchev–Trinajstić information content (AvgIpc) is 2.55. The minimum Gasteiger partial charge on any atom is -0.339 e. The Morgan fingerprint density at radius 2 is 1.79 bits per heavy atom. The van der Waals surface area contributed by atoms with E-state index in [1.807, 2.05) is 31.2 Å². The third-order valence-corrected chi connectivity index (χ3v) is 5.76. The number of amides is 1. The van der Waals surface area contributed by atoms with Gasteiger partial charge in [0.1, 0.15) is 0 Å². The summed E-state index contributed by atoms with van der Waals surface area (Å²) in [5.41, 5.74) is 1.95. The molecule has 1 aliphatic heterocycles. The minimum absolute atomic E-state index is 0.0979. The highest BCUT2D eigenvalue weighted by atomic mass is 32.2. The molecule has 7 heteroatoms. The topological polar surface area (TPSA) is 60.9 Å². The number of aryl methyl sites for hydroxylation is 1. The Bertz CT molecular complexity index is 667. The number of hydrogen-bond donors (Lipinski definition) is 0. The Hall–Kier alpha value is -1.44. The van der Waals surface area contributed by atoms with E-state index in [1.54, 1.807) is 4.90 Å². The summed E-state index contributed by atoms with van der Waals surface area (Å²) >= 11 is 0. The molecule has 0 N–H and O–H groups in total. The third-order valence-electron chi connectivity index (χ3n) is 4.56. The standard InChI is InChI=1S/C17H27N3O3S/c1-4-18-9-11-19(12-10-18)17(21)14-20(24(3,22)23)13-16-8-6-5-7-15(16)2/h5-8H,4,9-14H2,1-3H3. The quantitative estimate of drug-likeness (QED) is 0.763. The predicted octanol–water partition coefficient (Wildman–Crippen LogP) is 0.921. The second kappa shape index (κ2) is 8.09. The van der Waals surface area contributed by atoms with Crippen LogP contribution in [0.25, 0.3) is 0 Å². The lowest BCUT2D eigenvalue weighted by Crippen LogP contribution is -2.51. The van der Waals surface area contributed by atoms with Crippen molar-refractivity contribution in [1.29, 1.82) is 0 Å². The minimum atomic E-state index is -3.45. The number of sulfonamides is 1. The summed E-state index contributed by atoms with van der Waals surface area (Å²) in [5.74, 6) is -0.121. The molecule has 134 valence electrons. The number of carbonyl (C=O) groups is 1. The molecule has 2 rings (SSSR count). The molecule has 0 spiro atoms. The van der Waals surface area contributed by atoms with Gasteiger partial charge in [-0.1, -0.05) is 31.2 Å². The largest absolute Gasteiger partial charge is 0.339 e. The molecule has 0 bridgehead atoms. The maximum atomic E-state index is 12.5. The van der Waals surface area contributed by atoms with Crippen LogP contribution in [0.1, 0.15) is 18.1 Å². The van der Waals surface area contributed by atoms with Crippen molar-refractivity contribution < 1.29 is 13.2 Å². The number of benzene rings is 1. The van der Waals surface area contributed by atoms with Gasteiger partial charge in [0, 0.05) is 32.7 Å². The van der Waals surface area contributed by atoms with Gasteiger partial charge in [-0.25, -0.2) is 8.42 Å². The van der Waals surface area contributed by atoms with Crippen molar-refractivity contribution in [1.82, 2.24) is 14.1 Å². The predicted molar refractivity (Wildman–Crippen MR) is 95.1 cm³/mol. The Morgan fingerprint density at radius 1 is 1.17 bits per heavy atom. The van der Waals surface area contributed by atoms with E-state index in [-0.39, 0.29) is 19.0 Å². The highest BCUT2D eigenvalue weighted by molar-refractivity contribution is 7.88. The van der Waals surface area contributed by atoms with Crippen molar-refractivity contribution in [2.24, 2.45) is 0 Å². The van der Waals surface area contributed by atoms with Crippen molar-refractivity contribution in [2.75, 3.05) is 45.5 Å². The van der Waals surface area contributed by atoms with Crippen molar-refractivity contribution >= 4 is 15.9 Å². The van der Waals surface area contributed by atoms with E-state index in [2.05, 4.69) is 11.8 Å². The molecule has 1 amide bonds. The fourth-order valence-electron chi connectivity index (χ4n) is 2.83. The number of nitrogens with zero attached hydrogens (tertiary/aromatic N) is 3. The first-order valence-corrected chi connectivity index (χ1v) is 10.2. The molecule has 1 saturated heterocycles. The maximum absolute atomic E-state index is 12.5. The lowest BCUT2D eigenvalue weighted by Gasteiger charge is -2.35. The van der Waals surface area contributed by atoms with Crippen LogP contribution in [-0.4, -0.2) is 74.0 Å². The van der Waals surface area contributed by atoms with Crippen LogP contribution in [0.15, 0.2) is 24.3 Å². The molecule has 1 aromatic carbocycles. The molecule has 6 nitrogen and oxygen atoms in total. The summed E-state index contributed by atoms with van der Waals surface area (Å²) in [6.45, 7) is 8.17. The summed E-state index contributed by atoms with van der Waals surface area (Å²) in [6, 6.07) is 7.65. The van der Waals surface area contributed by atoms with Crippen molar-refractivity contribution in [3.05, 3.63) is 35.4 Å². The SMILES string of the molecule is CCN1CCN(C(=O)CN(Cc2ccccc2C)S(C)(=O)=O)CC1. The zero-order chi connectivity index (χ0) is 17.7. The monoisotopic (exact) mass is 353 g/mol. The lowest BCUT2D eigenvalue weighted by atomic mass is 10.1. The first-order valence-electron chi connectivity index (χ1n) is 8.31. The van der Waals surface area contributed by atoms with Crippen molar-refractivity contribution in [2.45, 2.75) is 20.4 Å². The number of rotatable bonds is 6. The highest BCUT2D eigenvalue weighted by Crippen LogP contribution is 2.13. The van der Waals surface area contributed by atoms with Gasteiger partial charge >= 0.3 is 0 Å². The Kier molecular flexibility index (Phi) is 6.37. The van der Waals surface area contributed by atoms with Gasteiger partial charge in [-0.15, -0.1) is 0 Å². The van der Waals surface area contributed by atoms with Gasteiger partial charge in [-0.2, -0.15) is 4.31 Å². The number of likely N-dealkylation sites (N-methyl/N-ethyl adjacent to an activating group) is 1.